The van der Waals surface area contributed by atoms with E-state index in [1.807, 2.05) is 0 Å². The summed E-state index contributed by atoms with van der Waals surface area (Å²) in [6, 6.07) is 12.2. The number of nitrogens with zero attached hydrogens (tertiary/aromatic N) is 2. The number of para-hydroxylation sites is 1. The average molecular weight is 513 g/mol. The molecule has 3 aromatic carbocycles. The van der Waals surface area contributed by atoms with Gasteiger partial charge in [-0.05, 0) is 42.5 Å². The summed E-state index contributed by atoms with van der Waals surface area (Å²) in [4.78, 5) is 7.94. The lowest BCUT2D eigenvalue weighted by atomic mass is 10.0. The molecule has 0 aliphatic rings. The van der Waals surface area contributed by atoms with Crippen LogP contribution in [0.15, 0.2) is 65.8 Å². The van der Waals surface area contributed by atoms with E-state index in [9.17, 15) is 21.6 Å². The van der Waals surface area contributed by atoms with Crippen LogP contribution in [-0.2, 0) is 16.0 Å². The molecule has 1 aromatic heterocycles. The maximum atomic E-state index is 13.4. The van der Waals surface area contributed by atoms with Gasteiger partial charge in [-0.15, -0.1) is 0 Å². The Bertz CT molecular complexity index is 1490. The van der Waals surface area contributed by atoms with Gasteiger partial charge in [-0.1, -0.05) is 35.3 Å². The van der Waals surface area contributed by atoms with Gasteiger partial charge >= 0.3 is 6.18 Å². The summed E-state index contributed by atoms with van der Waals surface area (Å²) in [7, 11) is -3.53. The molecular formula is C22H13Cl2F3N2O3S. The molecule has 4 aromatic rings. The lowest BCUT2D eigenvalue weighted by molar-refractivity contribution is -0.136. The van der Waals surface area contributed by atoms with Crippen molar-refractivity contribution in [3.05, 3.63) is 76.5 Å². The summed E-state index contributed by atoms with van der Waals surface area (Å²) < 4.78 is 69.8. The smallest absolute Gasteiger partial charge is 0.418 e. The first-order valence-corrected chi connectivity index (χ1v) is 11.9. The number of sulfone groups is 1. The highest BCUT2D eigenvalue weighted by Crippen LogP contribution is 2.39. The molecule has 0 N–H and O–H groups in total. The van der Waals surface area contributed by atoms with Gasteiger partial charge in [-0.2, -0.15) is 13.2 Å². The molecule has 0 fully saturated rings. The van der Waals surface area contributed by atoms with E-state index in [0.29, 0.717) is 5.56 Å². The van der Waals surface area contributed by atoms with E-state index >= 15 is 0 Å². The predicted molar refractivity (Wildman–Crippen MR) is 120 cm³/mol. The van der Waals surface area contributed by atoms with E-state index in [-0.39, 0.29) is 43.0 Å². The van der Waals surface area contributed by atoms with E-state index in [1.54, 1.807) is 0 Å². The maximum Gasteiger partial charge on any atom is 0.418 e. The second-order valence-electron chi connectivity index (χ2n) is 7.06. The minimum absolute atomic E-state index is 0.0272. The largest absolute Gasteiger partial charge is 0.457 e. The van der Waals surface area contributed by atoms with Crippen molar-refractivity contribution in [3.63, 3.8) is 0 Å². The lowest BCUT2D eigenvalue weighted by Crippen LogP contribution is -2.07. The molecule has 11 heteroatoms. The molecule has 170 valence electrons. The fourth-order valence-electron chi connectivity index (χ4n) is 3.23. The van der Waals surface area contributed by atoms with Gasteiger partial charge in [0.15, 0.2) is 9.84 Å². The van der Waals surface area contributed by atoms with Crippen molar-refractivity contribution in [1.29, 1.82) is 0 Å². The molecule has 1 heterocycles. The number of benzene rings is 3. The van der Waals surface area contributed by atoms with Gasteiger partial charge < -0.3 is 4.74 Å². The predicted octanol–water partition coefficient (Wildman–Crippen LogP) is 6.82. The molecule has 0 unspecified atom stereocenters. The molecule has 5 nitrogen and oxygen atoms in total. The molecule has 0 aliphatic heterocycles. The number of aromatic nitrogens is 2. The highest BCUT2D eigenvalue weighted by Gasteiger charge is 2.33. The normalized spacial score (nSPS) is 12.2. The third-order valence-electron chi connectivity index (χ3n) is 4.67. The molecule has 0 amide bonds. The van der Waals surface area contributed by atoms with Gasteiger partial charge in [0.05, 0.1) is 26.7 Å². The number of hydrogen-bond donors (Lipinski definition) is 0. The molecule has 0 spiro atoms. The first-order chi connectivity index (χ1) is 15.4. The van der Waals surface area contributed by atoms with Crippen LogP contribution in [-0.4, -0.2) is 24.6 Å². The summed E-state index contributed by atoms with van der Waals surface area (Å²) in [5.74, 6) is 0.401. The van der Waals surface area contributed by atoms with Crippen molar-refractivity contribution < 1.29 is 26.3 Å². The van der Waals surface area contributed by atoms with Crippen LogP contribution in [0.3, 0.4) is 0 Å². The summed E-state index contributed by atoms with van der Waals surface area (Å²) in [6.07, 6.45) is -2.52. The number of hydrogen-bond acceptors (Lipinski definition) is 5. The first-order valence-electron chi connectivity index (χ1n) is 9.23. The van der Waals surface area contributed by atoms with Crippen LogP contribution in [0.25, 0.3) is 22.2 Å². The number of ether oxygens (including phenoxy) is 1. The maximum absolute atomic E-state index is 13.4. The second kappa shape index (κ2) is 8.48. The van der Waals surface area contributed by atoms with Crippen molar-refractivity contribution in [1.82, 2.24) is 9.97 Å². The number of rotatable bonds is 4. The summed E-state index contributed by atoms with van der Waals surface area (Å²) in [5.41, 5.74) is -0.653. The topological polar surface area (TPSA) is 69.2 Å². The molecule has 0 aliphatic carbocycles. The fourth-order valence-corrected chi connectivity index (χ4v) is 4.39. The molecule has 0 radical (unpaired) electrons. The summed E-state index contributed by atoms with van der Waals surface area (Å²) in [6.45, 7) is 0. The lowest BCUT2D eigenvalue weighted by Gasteiger charge is -2.13. The Kier molecular flexibility index (Phi) is 5.98. The molecular weight excluding hydrogens is 500 g/mol. The highest BCUT2D eigenvalue weighted by atomic mass is 35.5. The van der Waals surface area contributed by atoms with Crippen LogP contribution >= 0.6 is 23.2 Å². The molecule has 0 bridgehead atoms. The zero-order valence-corrected chi connectivity index (χ0v) is 19.0. The Balaban J connectivity index is 1.82. The van der Waals surface area contributed by atoms with Crippen LogP contribution < -0.4 is 4.74 Å². The van der Waals surface area contributed by atoms with E-state index in [4.69, 9.17) is 27.9 Å². The Morgan fingerprint density at radius 1 is 0.939 bits per heavy atom. The van der Waals surface area contributed by atoms with E-state index < -0.39 is 21.6 Å². The zero-order valence-electron chi connectivity index (χ0n) is 16.7. The van der Waals surface area contributed by atoms with Crippen molar-refractivity contribution in [2.45, 2.75) is 11.1 Å². The second-order valence-corrected chi connectivity index (χ2v) is 9.92. The molecule has 0 saturated carbocycles. The molecule has 33 heavy (non-hydrogen) atoms. The van der Waals surface area contributed by atoms with Gasteiger partial charge in [0.2, 0.25) is 0 Å². The zero-order chi connectivity index (χ0) is 24.0. The minimum Gasteiger partial charge on any atom is -0.457 e. The molecule has 0 saturated heterocycles. The monoisotopic (exact) mass is 512 g/mol. The SMILES string of the molecule is CS(=O)(=O)c1cc(Cl)cc(Oc2ccc(Cl)c(-c3ncnc4c(C(F)(F)F)cccc34)c2)c1. The van der Waals surface area contributed by atoms with E-state index in [0.717, 1.165) is 18.6 Å². The number of halogens is 5. The quantitative estimate of drug-likeness (QED) is 0.300. The van der Waals surface area contributed by atoms with Crippen molar-refractivity contribution in [2.75, 3.05) is 6.26 Å². The van der Waals surface area contributed by atoms with Crippen molar-refractivity contribution in [3.8, 4) is 22.8 Å². The number of alkyl halides is 3. The van der Waals surface area contributed by atoms with Crippen LogP contribution in [0.2, 0.25) is 10.0 Å². The van der Waals surface area contributed by atoms with Gasteiger partial charge in [0, 0.05) is 22.2 Å². The standard InChI is InChI=1S/C22H13Cl2F3N2O3S/c1-33(30,31)15-8-12(23)7-14(9-15)32-13-5-6-19(24)17(10-13)20-16-3-2-4-18(22(25,26)27)21(16)29-11-28-20/h2-11H,1H3. The highest BCUT2D eigenvalue weighted by molar-refractivity contribution is 7.90. The first kappa shape index (κ1) is 23.3. The molecule has 0 atom stereocenters. The van der Waals surface area contributed by atoms with Crippen LogP contribution in [0.5, 0.6) is 11.5 Å². The van der Waals surface area contributed by atoms with Gasteiger partial charge in [0.1, 0.15) is 17.8 Å². The van der Waals surface area contributed by atoms with Gasteiger partial charge in [0.25, 0.3) is 0 Å². The van der Waals surface area contributed by atoms with Gasteiger partial charge in [-0.3, -0.25) is 0 Å². The van der Waals surface area contributed by atoms with Gasteiger partial charge in [-0.25, -0.2) is 18.4 Å². The van der Waals surface area contributed by atoms with Crippen LogP contribution in [0, 0.1) is 0 Å². The summed E-state index contributed by atoms with van der Waals surface area (Å²) in [5, 5.41) is 0.541. The Morgan fingerprint density at radius 3 is 2.39 bits per heavy atom. The molecule has 4 rings (SSSR count). The Labute approximate surface area is 196 Å². The fraction of sp³-hybridized carbons (Fsp3) is 0.0909. The Hall–Kier alpha value is -2.88. The third kappa shape index (κ3) is 4.90. The van der Waals surface area contributed by atoms with Crippen molar-refractivity contribution >= 4 is 43.9 Å². The van der Waals surface area contributed by atoms with Crippen LogP contribution in [0.4, 0.5) is 13.2 Å². The average Bonchev–Trinajstić information content (AvgIpc) is 2.72. The number of fused-ring (bicyclic) bond motifs is 1. The Morgan fingerprint density at radius 2 is 1.70 bits per heavy atom. The van der Waals surface area contributed by atoms with Crippen molar-refractivity contribution in [2.24, 2.45) is 0 Å². The van der Waals surface area contributed by atoms with Crippen LogP contribution in [0.1, 0.15) is 5.56 Å². The van der Waals surface area contributed by atoms with E-state index in [1.165, 1.54) is 48.5 Å². The summed E-state index contributed by atoms with van der Waals surface area (Å²) >= 11 is 12.4. The minimum atomic E-state index is -4.59. The third-order valence-corrected chi connectivity index (χ3v) is 6.31. The van der Waals surface area contributed by atoms with E-state index in [2.05, 4.69) is 9.97 Å².